The molecule has 0 bridgehead atoms. The molecule has 0 aliphatic heterocycles. The van der Waals surface area contributed by atoms with Gasteiger partial charge in [-0.05, 0) is 0 Å². The maximum atomic E-state index is 2.86. The smallest absolute Gasteiger partial charge is 1.00 e. The molecule has 0 N–H and O–H groups in total. The van der Waals surface area contributed by atoms with Crippen molar-refractivity contribution in [2.24, 2.45) is 0 Å². The van der Waals surface area contributed by atoms with Crippen LogP contribution in [0.4, 0.5) is 0 Å². The first-order chi connectivity index (χ1) is 13.5. The van der Waals surface area contributed by atoms with Crippen LogP contribution in [0.25, 0.3) is 6.08 Å². The van der Waals surface area contributed by atoms with Gasteiger partial charge < -0.3 is 24.8 Å². The Labute approximate surface area is 206 Å². The van der Waals surface area contributed by atoms with E-state index in [1.807, 2.05) is 0 Å². The Hall–Kier alpha value is 0.337. The quantitative estimate of drug-likeness (QED) is 0.465. The van der Waals surface area contributed by atoms with Gasteiger partial charge >= 0.3 is 183 Å². The standard InChI is InChI=1S/C12H11.C9H15Si.C2H7Si.4CH3.2ClH.Zr/c1-3-9-7-11-5-2-6-12(11)8-10(9)4-1;1-10(2,3)8-9-6-4-5-7-9;1-3-2;;;;;;;/h1,3-4,7-8H,2,5-6H2;4-7H,8H2,1-3H3;3H,1-2H3;4*1H3;2*1H;/p-2. The zero-order valence-corrected chi connectivity index (χ0v) is 28.0. The van der Waals surface area contributed by atoms with Gasteiger partial charge in [-0.1, -0.05) is 0 Å². The molecule has 181 valence electrons. The van der Waals surface area contributed by atoms with E-state index in [9.17, 15) is 0 Å². The first-order valence-electron chi connectivity index (χ1n) is 12.4. The van der Waals surface area contributed by atoms with Crippen LogP contribution in [-0.2, 0) is 27.8 Å². The van der Waals surface area contributed by atoms with Crippen LogP contribution < -0.4 is 24.8 Å². The van der Waals surface area contributed by atoms with Gasteiger partial charge in [-0.3, -0.25) is 0 Å². The van der Waals surface area contributed by atoms with E-state index in [0.717, 1.165) is 0 Å². The second-order valence-corrected chi connectivity index (χ2v) is 87.7. The van der Waals surface area contributed by atoms with E-state index in [-0.39, 0.29) is 24.8 Å². The molecular formula is C27H45Cl2Si2Zr-2. The average molecular weight is 588 g/mol. The Kier molecular flexibility index (Phi) is 6.63. The summed E-state index contributed by atoms with van der Waals surface area (Å²) in [6.07, 6.45) is 17.0. The van der Waals surface area contributed by atoms with Crippen LogP contribution in [0.2, 0.25) is 60.9 Å². The molecule has 0 heterocycles. The van der Waals surface area contributed by atoms with Crippen molar-refractivity contribution in [1.82, 2.24) is 0 Å². The molecule has 0 saturated carbocycles. The molecule has 2 unspecified atom stereocenters. The Balaban J connectivity index is 0.00000181. The number of allylic oxidation sites excluding steroid dienone is 5. The van der Waals surface area contributed by atoms with Crippen LogP contribution in [0.3, 0.4) is 0 Å². The van der Waals surface area contributed by atoms with Crippen LogP contribution in [0.1, 0.15) is 32.3 Å². The molecule has 0 nitrogen and oxygen atoms in total. The zero-order valence-electron chi connectivity index (χ0n) is 21.9. The van der Waals surface area contributed by atoms with E-state index in [2.05, 4.69) is 93.8 Å². The fraction of sp³-hybridized carbons (Fsp3) is 0.556. The molecule has 0 amide bonds. The molecule has 4 rings (SSSR count). The number of benzene rings is 1. The van der Waals surface area contributed by atoms with Gasteiger partial charge in [0.05, 0.1) is 0 Å². The SMILES string of the molecule is C[SiH](C)[Zr]([CH3])([CH3])([CH3])([CH3])([CH]1C=CC(C[Si](C)(C)C)=C1)[CH]1C=Cc2cc3c(cc21)CCC3.[Cl-].[Cl-]. The van der Waals surface area contributed by atoms with Crippen molar-refractivity contribution < 1.29 is 39.8 Å². The molecule has 0 saturated heterocycles. The third-order valence-corrected chi connectivity index (χ3v) is 85.2. The van der Waals surface area contributed by atoms with Gasteiger partial charge in [0.15, 0.2) is 0 Å². The summed E-state index contributed by atoms with van der Waals surface area (Å²) < 4.78 is 12.7. The maximum absolute atomic E-state index is 4.29. The summed E-state index contributed by atoms with van der Waals surface area (Å²) >= 11 is -4.29. The molecule has 0 fully saturated rings. The topological polar surface area (TPSA) is 0 Å². The summed E-state index contributed by atoms with van der Waals surface area (Å²) in [7, 11) is -1.11. The van der Waals surface area contributed by atoms with Crippen molar-refractivity contribution in [2.75, 3.05) is 0 Å². The number of halogens is 2. The number of aryl methyl sites for hydroxylation is 2. The van der Waals surface area contributed by atoms with Crippen molar-refractivity contribution in [3.8, 4) is 0 Å². The molecule has 2 atom stereocenters. The Morgan fingerprint density at radius 2 is 1.50 bits per heavy atom. The summed E-state index contributed by atoms with van der Waals surface area (Å²) in [5.74, 6) is -1.06. The van der Waals surface area contributed by atoms with Crippen molar-refractivity contribution in [3.05, 3.63) is 64.3 Å². The molecule has 3 aliphatic rings. The van der Waals surface area contributed by atoms with Crippen molar-refractivity contribution >= 4 is 20.1 Å². The normalized spacial score (nSPS) is 25.1. The Bertz CT molecular complexity index is 1040. The molecule has 0 radical (unpaired) electrons. The molecule has 32 heavy (non-hydrogen) atoms. The molecule has 0 aromatic heterocycles. The van der Waals surface area contributed by atoms with Gasteiger partial charge in [0, 0.05) is 0 Å². The molecule has 5 heteroatoms. The molecule has 0 spiro atoms. The van der Waals surface area contributed by atoms with E-state index < -0.39 is 29.0 Å². The minimum absolute atomic E-state index is 0. The monoisotopic (exact) mass is 585 g/mol. The van der Waals surface area contributed by atoms with Crippen molar-refractivity contribution in [2.45, 2.75) is 83.8 Å². The van der Waals surface area contributed by atoms with Gasteiger partial charge in [0.25, 0.3) is 0 Å². The first-order valence-corrected chi connectivity index (χ1v) is 35.9. The van der Waals surface area contributed by atoms with E-state index in [0.29, 0.717) is 7.25 Å². The minimum Gasteiger partial charge on any atom is -1.00 e. The van der Waals surface area contributed by atoms with E-state index in [1.54, 1.807) is 22.3 Å². The van der Waals surface area contributed by atoms with Crippen LogP contribution >= 0.6 is 0 Å². The maximum Gasteiger partial charge on any atom is -1.00 e. The Morgan fingerprint density at radius 3 is 2.06 bits per heavy atom. The summed E-state index contributed by atoms with van der Waals surface area (Å²) in [6.45, 7) is 12.9. The fourth-order valence-corrected chi connectivity index (χ4v) is 37.3. The predicted octanol–water partition coefficient (Wildman–Crippen LogP) is 2.81. The molecular weight excluding hydrogens is 543 g/mol. The first kappa shape index (κ1) is 28.6. The summed E-state index contributed by atoms with van der Waals surface area (Å²) in [5.41, 5.74) is 8.10. The average Bonchev–Trinajstić information content (AvgIpc) is 3.29. The Morgan fingerprint density at radius 1 is 0.906 bits per heavy atom. The summed E-state index contributed by atoms with van der Waals surface area (Å²) in [5, 5.41) is 0. The summed E-state index contributed by atoms with van der Waals surface area (Å²) in [4.78, 5) is 0. The van der Waals surface area contributed by atoms with Crippen molar-refractivity contribution in [1.29, 1.82) is 0 Å². The van der Waals surface area contributed by atoms with Crippen LogP contribution in [0, 0.1) is 0 Å². The number of rotatable bonds is 5. The third kappa shape index (κ3) is 3.95. The van der Waals surface area contributed by atoms with Gasteiger partial charge in [0.1, 0.15) is 0 Å². The van der Waals surface area contributed by atoms with E-state index in [1.165, 1.54) is 30.9 Å². The van der Waals surface area contributed by atoms with Gasteiger partial charge in [-0.15, -0.1) is 0 Å². The van der Waals surface area contributed by atoms with Gasteiger partial charge in [-0.25, -0.2) is 0 Å². The van der Waals surface area contributed by atoms with E-state index >= 15 is 0 Å². The second-order valence-electron chi connectivity index (χ2n) is 16.4. The zero-order chi connectivity index (χ0) is 22.3. The molecule has 1 aromatic carbocycles. The van der Waals surface area contributed by atoms with Gasteiger partial charge in [0.2, 0.25) is 0 Å². The van der Waals surface area contributed by atoms with Crippen LogP contribution in [0.15, 0.2) is 42.0 Å². The largest absolute Gasteiger partial charge is 1.00 e. The number of hydrogen-bond donors (Lipinski definition) is 0. The van der Waals surface area contributed by atoms with E-state index in [4.69, 9.17) is 0 Å². The molecule has 3 aliphatic carbocycles. The number of hydrogen-bond acceptors (Lipinski definition) is 0. The summed E-state index contributed by atoms with van der Waals surface area (Å²) in [6, 6.07) is 6.52. The third-order valence-electron chi connectivity index (χ3n) is 11.0. The minimum atomic E-state index is -4.29. The van der Waals surface area contributed by atoms with Gasteiger partial charge in [-0.2, -0.15) is 0 Å². The van der Waals surface area contributed by atoms with Crippen LogP contribution in [-0.4, -0.2) is 14.0 Å². The van der Waals surface area contributed by atoms with Crippen molar-refractivity contribution in [3.63, 3.8) is 0 Å². The molecule has 1 aromatic rings. The predicted molar refractivity (Wildman–Crippen MR) is 142 cm³/mol. The number of fused-ring (bicyclic) bond motifs is 2. The second kappa shape index (κ2) is 7.42. The fourth-order valence-electron chi connectivity index (χ4n) is 6.85. The van der Waals surface area contributed by atoms with Crippen LogP contribution in [0.5, 0.6) is 0 Å².